The molecule has 1 saturated heterocycles. The van der Waals surface area contributed by atoms with Crippen molar-refractivity contribution in [2.45, 2.75) is 11.4 Å². The molecule has 0 aliphatic carbocycles. The van der Waals surface area contributed by atoms with E-state index in [0.29, 0.717) is 42.9 Å². The molecule has 1 N–H and O–H groups in total. The molecule has 1 aliphatic heterocycles. The van der Waals surface area contributed by atoms with Gasteiger partial charge in [0, 0.05) is 57.0 Å². The van der Waals surface area contributed by atoms with Crippen LogP contribution in [0.5, 0.6) is 0 Å². The molecule has 1 fully saturated rings. The molecule has 0 bridgehead atoms. The number of H-pyrrole nitrogens is 1. The molecule has 0 atom stereocenters. The zero-order valence-corrected chi connectivity index (χ0v) is 22.3. The normalized spacial score (nSPS) is 15.5. The molecule has 0 saturated carbocycles. The summed E-state index contributed by atoms with van der Waals surface area (Å²) in [6.07, 6.45) is 0. The predicted molar refractivity (Wildman–Crippen MR) is 142 cm³/mol. The third-order valence-corrected chi connectivity index (χ3v) is 9.15. The molecular formula is C25H26BrN5O4S. The Hall–Kier alpha value is -2.99. The highest BCUT2D eigenvalue weighted by atomic mass is 79.9. The van der Waals surface area contributed by atoms with Gasteiger partial charge in [0.05, 0.1) is 10.4 Å². The van der Waals surface area contributed by atoms with Gasteiger partial charge in [0.2, 0.25) is 10.0 Å². The molecule has 0 spiro atoms. The van der Waals surface area contributed by atoms with E-state index in [1.54, 1.807) is 37.4 Å². The minimum absolute atomic E-state index is 0.229. The van der Waals surface area contributed by atoms with Gasteiger partial charge in [-0.1, -0.05) is 40.2 Å². The molecule has 2 aromatic heterocycles. The second-order valence-electron chi connectivity index (χ2n) is 8.98. The second kappa shape index (κ2) is 9.47. The third-order valence-electron chi connectivity index (χ3n) is 6.70. The first-order chi connectivity index (χ1) is 17.1. The van der Waals surface area contributed by atoms with Crippen molar-refractivity contribution in [1.29, 1.82) is 0 Å². The van der Waals surface area contributed by atoms with E-state index in [1.165, 1.54) is 21.5 Å². The average Bonchev–Trinajstić information content (AvgIpc) is 3.34. The minimum atomic E-state index is -3.62. The van der Waals surface area contributed by atoms with Crippen LogP contribution in [-0.4, -0.2) is 57.9 Å². The number of aromatic amines is 1. The lowest BCUT2D eigenvalue weighted by Gasteiger charge is -2.34. The summed E-state index contributed by atoms with van der Waals surface area (Å²) in [6.45, 7) is 2.97. The number of fused-ring (bicyclic) bond motifs is 1. The number of nitrogens with zero attached hydrogens (tertiary/aromatic N) is 4. The Balaban J connectivity index is 1.31. The van der Waals surface area contributed by atoms with Gasteiger partial charge in [-0.2, -0.15) is 4.31 Å². The molecule has 9 nitrogen and oxygen atoms in total. The maximum Gasteiger partial charge on any atom is 0.331 e. The van der Waals surface area contributed by atoms with Crippen LogP contribution in [-0.2, 0) is 30.7 Å². The lowest BCUT2D eigenvalue weighted by atomic mass is 10.1. The van der Waals surface area contributed by atoms with E-state index in [0.717, 1.165) is 21.1 Å². The van der Waals surface area contributed by atoms with Crippen molar-refractivity contribution in [3.05, 3.63) is 85.5 Å². The molecule has 36 heavy (non-hydrogen) atoms. The monoisotopic (exact) mass is 571 g/mol. The molecule has 188 valence electrons. The lowest BCUT2D eigenvalue weighted by molar-refractivity contribution is 0.181. The Bertz CT molecular complexity index is 1650. The van der Waals surface area contributed by atoms with Gasteiger partial charge in [0.25, 0.3) is 5.56 Å². The summed E-state index contributed by atoms with van der Waals surface area (Å²) in [6, 6.07) is 16.5. The molecule has 5 rings (SSSR count). The van der Waals surface area contributed by atoms with Gasteiger partial charge in [-0.3, -0.25) is 18.8 Å². The topological polar surface area (TPSA) is 100 Å². The van der Waals surface area contributed by atoms with Gasteiger partial charge in [-0.05, 0) is 41.5 Å². The van der Waals surface area contributed by atoms with Crippen molar-refractivity contribution in [2.24, 2.45) is 14.1 Å². The van der Waals surface area contributed by atoms with Crippen LogP contribution in [0.25, 0.3) is 22.3 Å². The number of piperazine rings is 1. The van der Waals surface area contributed by atoms with Gasteiger partial charge in [-0.15, -0.1) is 0 Å². The number of nitrogens with one attached hydrogen (secondary N) is 1. The third kappa shape index (κ3) is 4.47. The van der Waals surface area contributed by atoms with Crippen molar-refractivity contribution in [3.63, 3.8) is 0 Å². The zero-order valence-electron chi connectivity index (χ0n) is 19.9. The summed E-state index contributed by atoms with van der Waals surface area (Å²) in [5.74, 6) is 0. The number of benzene rings is 2. The zero-order chi connectivity index (χ0) is 25.6. The van der Waals surface area contributed by atoms with Crippen LogP contribution in [0, 0.1) is 0 Å². The van der Waals surface area contributed by atoms with E-state index >= 15 is 0 Å². The van der Waals surface area contributed by atoms with Gasteiger partial charge >= 0.3 is 5.69 Å². The van der Waals surface area contributed by atoms with Crippen LogP contribution in [0.15, 0.2) is 73.6 Å². The summed E-state index contributed by atoms with van der Waals surface area (Å²) in [5, 5.41) is 0. The van der Waals surface area contributed by atoms with E-state index in [9.17, 15) is 18.0 Å². The fraction of sp³-hybridized carbons (Fsp3) is 0.280. The first kappa shape index (κ1) is 24.7. The largest absolute Gasteiger partial charge is 0.349 e. The minimum Gasteiger partial charge on any atom is -0.349 e. The van der Waals surface area contributed by atoms with Crippen molar-refractivity contribution in [3.8, 4) is 11.3 Å². The standard InChI is InChI=1S/C25H26BrN5O4S/c1-28-22-15-21(27-23(22)24(32)29(2)25(28)33)18-5-9-20(10-6-18)36(34,35)31-13-11-30(12-14-31)16-17-3-7-19(26)8-4-17/h3-10,15,27H,11-14,16H2,1-2H3. The Morgan fingerprint density at radius 2 is 1.53 bits per heavy atom. The number of aromatic nitrogens is 3. The van der Waals surface area contributed by atoms with Crippen LogP contribution in [0.3, 0.4) is 0 Å². The van der Waals surface area contributed by atoms with Crippen LogP contribution < -0.4 is 11.2 Å². The number of hydrogen-bond acceptors (Lipinski definition) is 5. The first-order valence-electron chi connectivity index (χ1n) is 11.5. The van der Waals surface area contributed by atoms with Crippen molar-refractivity contribution in [2.75, 3.05) is 26.2 Å². The Kier molecular flexibility index (Phi) is 6.50. The molecule has 2 aromatic carbocycles. The maximum absolute atomic E-state index is 13.3. The van der Waals surface area contributed by atoms with E-state index in [-0.39, 0.29) is 4.90 Å². The molecule has 4 aromatic rings. The fourth-order valence-electron chi connectivity index (χ4n) is 4.54. The molecular weight excluding hydrogens is 546 g/mol. The van der Waals surface area contributed by atoms with Crippen LogP contribution in [0.2, 0.25) is 0 Å². The first-order valence-corrected chi connectivity index (χ1v) is 13.7. The van der Waals surface area contributed by atoms with Crippen LogP contribution in [0.4, 0.5) is 0 Å². The number of hydrogen-bond donors (Lipinski definition) is 1. The Morgan fingerprint density at radius 3 is 2.17 bits per heavy atom. The van der Waals surface area contributed by atoms with E-state index < -0.39 is 21.3 Å². The quantitative estimate of drug-likeness (QED) is 0.396. The number of rotatable bonds is 5. The molecule has 3 heterocycles. The summed E-state index contributed by atoms with van der Waals surface area (Å²) in [4.78, 5) is 30.3. The smallest absolute Gasteiger partial charge is 0.331 e. The number of aryl methyl sites for hydroxylation is 1. The van der Waals surface area contributed by atoms with Gasteiger partial charge < -0.3 is 4.98 Å². The van der Waals surface area contributed by atoms with Crippen molar-refractivity contribution in [1.82, 2.24) is 23.3 Å². The summed E-state index contributed by atoms with van der Waals surface area (Å²) < 4.78 is 31.5. The summed E-state index contributed by atoms with van der Waals surface area (Å²) in [7, 11) is -0.578. The number of halogens is 1. The van der Waals surface area contributed by atoms with E-state index in [1.807, 2.05) is 12.1 Å². The SMILES string of the molecule is Cn1c(=O)c2[nH]c(-c3ccc(S(=O)(=O)N4CCN(Cc5ccc(Br)cc5)CC4)cc3)cc2n(C)c1=O. The van der Waals surface area contributed by atoms with E-state index in [2.05, 4.69) is 37.9 Å². The number of sulfonamides is 1. The fourth-order valence-corrected chi connectivity index (χ4v) is 6.23. The molecule has 0 unspecified atom stereocenters. The Labute approximate surface area is 216 Å². The van der Waals surface area contributed by atoms with Gasteiger partial charge in [-0.25, -0.2) is 13.2 Å². The highest BCUT2D eigenvalue weighted by molar-refractivity contribution is 9.10. The van der Waals surface area contributed by atoms with Gasteiger partial charge in [0.1, 0.15) is 5.52 Å². The highest BCUT2D eigenvalue weighted by Gasteiger charge is 2.28. The molecule has 0 amide bonds. The van der Waals surface area contributed by atoms with Crippen molar-refractivity contribution < 1.29 is 8.42 Å². The lowest BCUT2D eigenvalue weighted by Crippen LogP contribution is -2.48. The highest BCUT2D eigenvalue weighted by Crippen LogP contribution is 2.25. The van der Waals surface area contributed by atoms with Gasteiger partial charge in [0.15, 0.2) is 0 Å². The van der Waals surface area contributed by atoms with Crippen molar-refractivity contribution >= 4 is 37.0 Å². The van der Waals surface area contributed by atoms with E-state index in [4.69, 9.17) is 0 Å². The van der Waals surface area contributed by atoms with Crippen LogP contribution in [0.1, 0.15) is 5.56 Å². The summed E-state index contributed by atoms with van der Waals surface area (Å²) >= 11 is 3.44. The summed E-state index contributed by atoms with van der Waals surface area (Å²) in [5.41, 5.74) is 2.56. The molecule has 1 aliphatic rings. The molecule has 11 heteroatoms. The average molecular weight is 572 g/mol. The van der Waals surface area contributed by atoms with Crippen LogP contribution >= 0.6 is 15.9 Å². The predicted octanol–water partition coefficient (Wildman–Crippen LogP) is 2.50. The molecule has 0 radical (unpaired) electrons. The Morgan fingerprint density at radius 1 is 0.889 bits per heavy atom. The second-order valence-corrected chi connectivity index (χ2v) is 11.8. The maximum atomic E-state index is 13.3.